The average molecular weight is 1110 g/mol. The molecule has 18 nitrogen and oxygen atoms in total. The summed E-state index contributed by atoms with van der Waals surface area (Å²) in [6, 6.07) is 34.3. The van der Waals surface area contributed by atoms with Crippen LogP contribution in [0.15, 0.2) is 131 Å². The zero-order valence-corrected chi connectivity index (χ0v) is 44.2. The zero-order valence-electron chi connectivity index (χ0n) is 42.6. The predicted molar refractivity (Wildman–Crippen MR) is 303 cm³/mol. The van der Waals surface area contributed by atoms with E-state index in [-0.39, 0.29) is 81.4 Å². The molecule has 0 saturated carbocycles. The fourth-order valence-corrected chi connectivity index (χ4v) is 13.0. The van der Waals surface area contributed by atoms with Crippen molar-refractivity contribution in [2.75, 3.05) is 20.1 Å². The minimum Gasteiger partial charge on any atom is -0.481 e. The summed E-state index contributed by atoms with van der Waals surface area (Å²) in [7, 11) is -7.83. The van der Waals surface area contributed by atoms with Gasteiger partial charge in [-0.3, -0.25) is 38.2 Å². The van der Waals surface area contributed by atoms with Gasteiger partial charge in [0.15, 0.2) is 11.6 Å². The molecule has 8 aromatic rings. The number of aromatic amines is 2. The second kappa shape index (κ2) is 21.1. The van der Waals surface area contributed by atoms with Gasteiger partial charge < -0.3 is 30.8 Å². The minimum absolute atomic E-state index is 0.0378. The molecule has 0 fully saturated rings. The van der Waals surface area contributed by atoms with Crippen molar-refractivity contribution < 1.29 is 55.8 Å². The number of benzene rings is 6. The molecular weight excluding hydrogens is 1060 g/mol. The van der Waals surface area contributed by atoms with E-state index < -0.39 is 32.0 Å². The highest BCUT2D eigenvalue weighted by molar-refractivity contribution is 7.93. The molecule has 2 aliphatic carbocycles. The Morgan fingerprint density at radius 2 is 0.900 bits per heavy atom. The molecular formula is C60H50N6O12S2. The maximum Gasteiger partial charge on any atom is 0.303 e. The van der Waals surface area contributed by atoms with Crippen LogP contribution in [0.3, 0.4) is 0 Å². The highest BCUT2D eigenvalue weighted by Crippen LogP contribution is 2.40. The lowest BCUT2D eigenvalue weighted by Gasteiger charge is -2.11. The van der Waals surface area contributed by atoms with Crippen molar-refractivity contribution in [3.8, 4) is 0 Å². The number of aromatic nitrogens is 2. The van der Waals surface area contributed by atoms with E-state index in [0.717, 1.165) is 32.9 Å². The third-order valence-corrected chi connectivity index (χ3v) is 17.3. The van der Waals surface area contributed by atoms with Crippen molar-refractivity contribution >= 4 is 123 Å². The summed E-state index contributed by atoms with van der Waals surface area (Å²) in [6.07, 6.45) is 6.72. The number of carboxylic acids is 2. The fourth-order valence-electron chi connectivity index (χ4n) is 10.8. The van der Waals surface area contributed by atoms with E-state index in [2.05, 4.69) is 30.0 Å². The van der Waals surface area contributed by atoms with Gasteiger partial charge in [0.25, 0.3) is 31.9 Å². The van der Waals surface area contributed by atoms with Crippen molar-refractivity contribution in [2.24, 2.45) is 0 Å². The largest absolute Gasteiger partial charge is 0.481 e. The summed E-state index contributed by atoms with van der Waals surface area (Å²) in [5.74, 6) is -2.80. The van der Waals surface area contributed by atoms with Crippen LogP contribution in [0.5, 0.6) is 0 Å². The first-order chi connectivity index (χ1) is 38.4. The first kappa shape index (κ1) is 52.6. The van der Waals surface area contributed by atoms with Crippen LogP contribution in [0.1, 0.15) is 104 Å². The SMILES string of the molecule is O=C(O)CCc1c(/C=C2\C(=O)Nc3ccc(NS(=O)(=O)c4ccc5ccccc5c4)cc32)[nH]c2c1C(=O)CCC2.O=C(O)CCc1c(C=C2C(=O)Nc3ccc(NS(=O)(=O)c4ccc5ccccc5c4)cc32)[nH]c2c1C(=O)CCC2. The van der Waals surface area contributed by atoms with Gasteiger partial charge in [-0.25, -0.2) is 16.8 Å². The topological polar surface area (TPSA) is 291 Å². The standard InChI is InChI=1S/2C30H25N3O6S/c2*34-27-7-3-6-25-29(27)21(11-13-28(35)36)26(31-25)16-23-22-15-19(9-12-24(22)32-30(23)37)33-40(38,39)20-10-8-17-4-1-2-5-18(17)14-20/h2*1-2,4-5,8-10,12,14-16,31,33H,3,6-7,11,13H2,(H,32,37)(H,35,36)/b23-16-;. The molecule has 0 radical (unpaired) electrons. The molecule has 0 unspecified atom stereocenters. The van der Waals surface area contributed by atoms with Gasteiger partial charge in [0.1, 0.15) is 0 Å². The summed E-state index contributed by atoms with van der Waals surface area (Å²) in [5.41, 5.74) is 7.89. The van der Waals surface area contributed by atoms with E-state index in [4.69, 9.17) is 0 Å². The van der Waals surface area contributed by atoms with E-state index in [0.29, 0.717) is 94.7 Å². The Kier molecular flexibility index (Phi) is 13.9. The first-order valence-electron chi connectivity index (χ1n) is 25.7. The molecule has 4 heterocycles. The van der Waals surface area contributed by atoms with Crippen LogP contribution in [-0.4, -0.2) is 72.3 Å². The molecule has 0 saturated heterocycles. The first-order valence-corrected chi connectivity index (χ1v) is 28.7. The van der Waals surface area contributed by atoms with E-state index in [1.54, 1.807) is 84.9 Å². The molecule has 2 aliphatic heterocycles. The van der Waals surface area contributed by atoms with Gasteiger partial charge in [0.2, 0.25) is 0 Å². The smallest absolute Gasteiger partial charge is 0.303 e. The lowest BCUT2D eigenvalue weighted by atomic mass is 9.91. The highest BCUT2D eigenvalue weighted by Gasteiger charge is 2.32. The van der Waals surface area contributed by atoms with Crippen LogP contribution in [-0.2, 0) is 64.9 Å². The van der Waals surface area contributed by atoms with Crippen LogP contribution in [0.2, 0.25) is 0 Å². The second-order valence-electron chi connectivity index (χ2n) is 19.9. The number of hydrogen-bond acceptors (Lipinski definition) is 10. The minimum atomic E-state index is -3.92. The van der Waals surface area contributed by atoms with Gasteiger partial charge in [-0.15, -0.1) is 0 Å². The second-order valence-corrected chi connectivity index (χ2v) is 23.2. The van der Waals surface area contributed by atoms with Gasteiger partial charge in [-0.1, -0.05) is 60.7 Å². The van der Waals surface area contributed by atoms with Crippen molar-refractivity contribution in [1.29, 1.82) is 0 Å². The number of amides is 2. The van der Waals surface area contributed by atoms with Crippen LogP contribution in [0.25, 0.3) is 44.8 Å². The monoisotopic (exact) mass is 1110 g/mol. The Morgan fingerprint density at radius 1 is 0.500 bits per heavy atom. The van der Waals surface area contributed by atoms with Crippen molar-refractivity contribution in [1.82, 2.24) is 9.97 Å². The molecule has 4 aliphatic rings. The number of aryl methyl sites for hydroxylation is 2. The third kappa shape index (κ3) is 10.5. The Bertz CT molecular complexity index is 4010. The number of Topliss-reactive ketones (excluding diaryl/α,β-unsaturated/α-hetero) is 2. The number of hydrogen-bond donors (Lipinski definition) is 8. The molecule has 2 aromatic heterocycles. The Balaban J connectivity index is 0.000000169. The summed E-state index contributed by atoms with van der Waals surface area (Å²) < 4.78 is 58.0. The van der Waals surface area contributed by atoms with E-state index in [1.807, 2.05) is 48.5 Å². The maximum atomic E-state index is 13.2. The van der Waals surface area contributed by atoms with Crippen LogP contribution >= 0.6 is 0 Å². The quantitative estimate of drug-likeness (QED) is 0.0472. The fraction of sp³-hybridized carbons (Fsp3) is 0.167. The normalized spacial score (nSPS) is 15.7. The summed E-state index contributed by atoms with van der Waals surface area (Å²) in [6.45, 7) is 0. The molecule has 0 bridgehead atoms. The van der Waals surface area contributed by atoms with Gasteiger partial charge in [-0.2, -0.15) is 0 Å². The number of nitrogens with one attached hydrogen (secondary N) is 6. The van der Waals surface area contributed by atoms with Gasteiger partial charge in [0.05, 0.1) is 20.9 Å². The molecule has 80 heavy (non-hydrogen) atoms. The molecule has 20 heteroatoms. The maximum absolute atomic E-state index is 13.2. The van der Waals surface area contributed by atoms with Crippen molar-refractivity contribution in [3.63, 3.8) is 0 Å². The predicted octanol–water partition coefficient (Wildman–Crippen LogP) is 10.00. The lowest BCUT2D eigenvalue weighted by Crippen LogP contribution is -2.13. The number of aliphatic carboxylic acids is 2. The molecule has 404 valence electrons. The summed E-state index contributed by atoms with van der Waals surface area (Å²) in [5, 5.41) is 27.5. The number of sulfonamides is 2. The Hall–Kier alpha value is -9.40. The van der Waals surface area contributed by atoms with Crippen molar-refractivity contribution in [3.05, 3.63) is 177 Å². The number of carboxylic acid groups (broad SMARTS) is 2. The molecule has 0 atom stereocenters. The van der Waals surface area contributed by atoms with E-state index in [9.17, 15) is 55.8 Å². The van der Waals surface area contributed by atoms with Crippen LogP contribution in [0, 0.1) is 0 Å². The van der Waals surface area contributed by atoms with Gasteiger partial charge in [0, 0.05) is 93.5 Å². The van der Waals surface area contributed by atoms with Gasteiger partial charge in [-0.05, 0) is 144 Å². The molecule has 6 aromatic carbocycles. The summed E-state index contributed by atoms with van der Waals surface area (Å²) >= 11 is 0. The average Bonchev–Trinajstić information content (AvgIpc) is 4.17. The number of H-pyrrole nitrogens is 2. The molecule has 2 amide bonds. The van der Waals surface area contributed by atoms with E-state index in [1.165, 1.54) is 0 Å². The zero-order chi connectivity index (χ0) is 56.0. The van der Waals surface area contributed by atoms with Crippen LogP contribution in [0.4, 0.5) is 22.7 Å². The number of anilines is 4. The number of ketones is 2. The van der Waals surface area contributed by atoms with Crippen LogP contribution < -0.4 is 20.1 Å². The lowest BCUT2D eigenvalue weighted by molar-refractivity contribution is -0.138. The Morgan fingerprint density at radius 3 is 1.30 bits per heavy atom. The molecule has 0 spiro atoms. The highest BCUT2D eigenvalue weighted by atomic mass is 32.2. The third-order valence-electron chi connectivity index (χ3n) is 14.6. The number of carbonyl (C=O) groups excluding carboxylic acids is 4. The number of fused-ring (bicyclic) bond motifs is 6. The number of carbonyl (C=O) groups is 6. The number of rotatable bonds is 14. The molecule has 12 rings (SSSR count). The molecule has 8 N–H and O–H groups in total. The van der Waals surface area contributed by atoms with Gasteiger partial charge >= 0.3 is 11.9 Å². The van der Waals surface area contributed by atoms with Crippen molar-refractivity contribution in [2.45, 2.75) is 74.0 Å². The Labute approximate surface area is 458 Å². The summed E-state index contributed by atoms with van der Waals surface area (Å²) in [4.78, 5) is 80.7. The van der Waals surface area contributed by atoms with E-state index >= 15 is 0 Å².